The number of amides is 1. The molecule has 1 aliphatic heterocycles. The number of nitrogens with zero attached hydrogens (tertiary/aromatic N) is 3. The number of anilines is 2. The number of hydrogen-bond donors (Lipinski definition) is 2. The number of non-ortho nitro benzene ring substituents is 1. The fraction of sp³-hybridized carbons (Fsp3) is 0.435. The quantitative estimate of drug-likeness (QED) is 0.466. The van der Waals surface area contributed by atoms with Crippen molar-refractivity contribution in [3.05, 3.63) is 64.2 Å². The number of quaternary nitrogens is 1. The van der Waals surface area contributed by atoms with E-state index < -0.39 is 0 Å². The predicted molar refractivity (Wildman–Crippen MR) is 123 cm³/mol. The Morgan fingerprint density at radius 3 is 2.52 bits per heavy atom. The summed E-state index contributed by atoms with van der Waals surface area (Å²) in [5, 5.41) is 13.9. The Morgan fingerprint density at radius 1 is 1.19 bits per heavy atom. The van der Waals surface area contributed by atoms with Gasteiger partial charge in [-0.2, -0.15) is 0 Å². The van der Waals surface area contributed by atoms with Crippen LogP contribution < -0.4 is 20.0 Å². The maximum atomic E-state index is 12.4. The van der Waals surface area contributed by atoms with Gasteiger partial charge >= 0.3 is 0 Å². The van der Waals surface area contributed by atoms with E-state index in [4.69, 9.17) is 0 Å². The Hall–Kier alpha value is -3.13. The molecule has 31 heavy (non-hydrogen) atoms. The van der Waals surface area contributed by atoms with Gasteiger partial charge in [-0.05, 0) is 43.7 Å². The molecular formula is C23H32N5O3+. The van der Waals surface area contributed by atoms with Crippen LogP contribution in [0.5, 0.6) is 0 Å². The maximum absolute atomic E-state index is 12.4. The van der Waals surface area contributed by atoms with Crippen LogP contribution in [0.4, 0.5) is 17.1 Å². The van der Waals surface area contributed by atoms with Gasteiger partial charge < -0.3 is 20.0 Å². The van der Waals surface area contributed by atoms with Crippen molar-refractivity contribution in [2.45, 2.75) is 13.8 Å². The molecule has 2 aromatic carbocycles. The van der Waals surface area contributed by atoms with Gasteiger partial charge in [0.2, 0.25) is 0 Å². The molecule has 0 spiro atoms. The highest BCUT2D eigenvalue weighted by Gasteiger charge is 2.22. The van der Waals surface area contributed by atoms with E-state index >= 15 is 0 Å². The molecule has 2 aromatic rings. The van der Waals surface area contributed by atoms with Gasteiger partial charge in [0.25, 0.3) is 11.6 Å². The summed E-state index contributed by atoms with van der Waals surface area (Å²) in [7, 11) is 0. The van der Waals surface area contributed by atoms with Crippen LogP contribution in [0, 0.1) is 17.0 Å². The first kappa shape index (κ1) is 22.6. The van der Waals surface area contributed by atoms with Crippen molar-refractivity contribution < 1.29 is 14.6 Å². The Labute approximate surface area is 183 Å². The molecule has 0 bridgehead atoms. The third kappa shape index (κ3) is 6.42. The van der Waals surface area contributed by atoms with E-state index in [1.54, 1.807) is 24.3 Å². The first-order valence-electron chi connectivity index (χ1n) is 10.9. The van der Waals surface area contributed by atoms with Crippen LogP contribution in [0.25, 0.3) is 0 Å². The molecule has 8 heteroatoms. The van der Waals surface area contributed by atoms with Crippen LogP contribution in [0.2, 0.25) is 0 Å². The zero-order chi connectivity index (χ0) is 22.2. The van der Waals surface area contributed by atoms with Crippen LogP contribution in [-0.4, -0.2) is 63.2 Å². The molecule has 3 rings (SSSR count). The van der Waals surface area contributed by atoms with Gasteiger partial charge in [-0.25, -0.2) is 0 Å². The summed E-state index contributed by atoms with van der Waals surface area (Å²) in [6.07, 6.45) is 0. The lowest BCUT2D eigenvalue weighted by atomic mass is 10.2. The molecule has 2 N–H and O–H groups in total. The van der Waals surface area contributed by atoms with Crippen molar-refractivity contribution >= 4 is 23.0 Å². The third-order valence-corrected chi connectivity index (χ3v) is 5.76. The van der Waals surface area contributed by atoms with Crippen molar-refractivity contribution in [2.75, 3.05) is 62.2 Å². The second kappa shape index (κ2) is 10.8. The summed E-state index contributed by atoms with van der Waals surface area (Å²) < 4.78 is 0. The van der Waals surface area contributed by atoms with Crippen LogP contribution in [0.1, 0.15) is 12.5 Å². The molecular weight excluding hydrogens is 394 g/mol. The molecule has 0 saturated carbocycles. The number of benzene rings is 2. The second-order valence-corrected chi connectivity index (χ2v) is 7.96. The monoisotopic (exact) mass is 426 g/mol. The molecule has 0 aromatic heterocycles. The Morgan fingerprint density at radius 2 is 1.90 bits per heavy atom. The standard InChI is InChI=1S/C23H31N5O3/c1-3-26(22-6-4-5-19(2)17-22)12-11-24-23(29)18-25-13-15-27(16-14-25)20-7-9-21(10-8-20)28(30)31/h4-10,17H,3,11-16,18H2,1-2H3,(H,24,29)/p+1. The number of aryl methyl sites for hydroxylation is 1. The van der Waals surface area contributed by atoms with Crippen molar-refractivity contribution in [3.63, 3.8) is 0 Å². The van der Waals surface area contributed by atoms with E-state index in [1.165, 1.54) is 16.2 Å². The fourth-order valence-corrected chi connectivity index (χ4v) is 3.96. The number of carbonyl (C=O) groups is 1. The van der Waals surface area contributed by atoms with Gasteiger partial charge in [0, 0.05) is 43.1 Å². The lowest BCUT2D eigenvalue weighted by Crippen LogP contribution is -3.16. The molecule has 166 valence electrons. The van der Waals surface area contributed by atoms with E-state index in [-0.39, 0.29) is 16.5 Å². The normalized spacial score (nSPS) is 14.3. The van der Waals surface area contributed by atoms with E-state index in [9.17, 15) is 14.9 Å². The highest BCUT2D eigenvalue weighted by Crippen LogP contribution is 2.19. The lowest BCUT2D eigenvalue weighted by Gasteiger charge is -2.33. The number of rotatable bonds is 9. The van der Waals surface area contributed by atoms with Crippen LogP contribution in [0.3, 0.4) is 0 Å². The fourth-order valence-electron chi connectivity index (χ4n) is 3.96. The second-order valence-electron chi connectivity index (χ2n) is 7.96. The summed E-state index contributed by atoms with van der Waals surface area (Å²) in [5.41, 5.74) is 3.51. The molecule has 1 fully saturated rings. The molecule has 0 atom stereocenters. The van der Waals surface area contributed by atoms with Gasteiger partial charge in [0.15, 0.2) is 6.54 Å². The molecule has 0 aliphatic carbocycles. The van der Waals surface area contributed by atoms with E-state index in [0.717, 1.165) is 45.0 Å². The molecule has 0 unspecified atom stereocenters. The number of carbonyl (C=O) groups excluding carboxylic acids is 1. The number of nitrogens with one attached hydrogen (secondary N) is 2. The summed E-state index contributed by atoms with van der Waals surface area (Å²) in [4.78, 5) is 28.6. The average Bonchev–Trinajstić information content (AvgIpc) is 2.77. The van der Waals surface area contributed by atoms with Gasteiger partial charge in [0.1, 0.15) is 0 Å². The van der Waals surface area contributed by atoms with Crippen LogP contribution in [-0.2, 0) is 4.79 Å². The van der Waals surface area contributed by atoms with Gasteiger partial charge in [-0.3, -0.25) is 14.9 Å². The summed E-state index contributed by atoms with van der Waals surface area (Å²) in [6.45, 7) is 10.4. The molecule has 1 amide bonds. The Balaban J connectivity index is 1.39. The highest BCUT2D eigenvalue weighted by atomic mass is 16.6. The van der Waals surface area contributed by atoms with E-state index in [1.807, 2.05) is 0 Å². The largest absolute Gasteiger partial charge is 0.370 e. The third-order valence-electron chi connectivity index (χ3n) is 5.76. The zero-order valence-electron chi connectivity index (χ0n) is 18.3. The number of piperazine rings is 1. The summed E-state index contributed by atoms with van der Waals surface area (Å²) >= 11 is 0. The minimum absolute atomic E-state index is 0.0825. The molecule has 8 nitrogen and oxygen atoms in total. The molecule has 1 saturated heterocycles. The number of nitro groups is 1. The van der Waals surface area contributed by atoms with Crippen molar-refractivity contribution in [3.8, 4) is 0 Å². The van der Waals surface area contributed by atoms with Crippen molar-refractivity contribution in [1.29, 1.82) is 0 Å². The van der Waals surface area contributed by atoms with E-state index in [0.29, 0.717) is 13.1 Å². The highest BCUT2D eigenvalue weighted by molar-refractivity contribution is 5.76. The van der Waals surface area contributed by atoms with Crippen LogP contribution in [0.15, 0.2) is 48.5 Å². The number of nitro benzene ring substituents is 1. The first-order chi connectivity index (χ1) is 15.0. The smallest absolute Gasteiger partial charge is 0.275 e. The van der Waals surface area contributed by atoms with Crippen LogP contribution >= 0.6 is 0 Å². The Kier molecular flexibility index (Phi) is 7.83. The maximum Gasteiger partial charge on any atom is 0.275 e. The first-order valence-corrected chi connectivity index (χ1v) is 10.9. The molecule has 1 aliphatic rings. The predicted octanol–water partition coefficient (Wildman–Crippen LogP) is 1.25. The number of likely N-dealkylation sites (N-methyl/N-ethyl adjacent to an activating group) is 1. The minimum atomic E-state index is -0.384. The molecule has 0 radical (unpaired) electrons. The molecule has 1 heterocycles. The minimum Gasteiger partial charge on any atom is -0.370 e. The lowest BCUT2D eigenvalue weighted by molar-refractivity contribution is -0.892. The Bertz CT molecular complexity index is 879. The summed E-state index contributed by atoms with van der Waals surface area (Å²) in [5.74, 6) is 0.0825. The number of hydrogen-bond acceptors (Lipinski definition) is 5. The topological polar surface area (TPSA) is 83.2 Å². The van der Waals surface area contributed by atoms with Gasteiger partial charge in [-0.1, -0.05) is 12.1 Å². The SMILES string of the molecule is CCN(CCNC(=O)C[NH+]1CCN(c2ccc([N+](=O)[O-])cc2)CC1)c1cccc(C)c1. The summed E-state index contributed by atoms with van der Waals surface area (Å²) in [6, 6.07) is 15.1. The van der Waals surface area contributed by atoms with Gasteiger partial charge in [0.05, 0.1) is 31.1 Å². The van der Waals surface area contributed by atoms with E-state index in [2.05, 4.69) is 53.2 Å². The van der Waals surface area contributed by atoms with Gasteiger partial charge in [-0.15, -0.1) is 0 Å². The zero-order valence-corrected chi connectivity index (χ0v) is 18.3. The average molecular weight is 427 g/mol. The van der Waals surface area contributed by atoms with Crippen molar-refractivity contribution in [1.82, 2.24) is 5.32 Å². The van der Waals surface area contributed by atoms with Crippen molar-refractivity contribution in [2.24, 2.45) is 0 Å².